The van der Waals surface area contributed by atoms with Gasteiger partial charge in [0.25, 0.3) is 0 Å². The quantitative estimate of drug-likeness (QED) is 0.728. The van der Waals surface area contributed by atoms with Gasteiger partial charge in [-0.05, 0) is 25.0 Å². The molecule has 2 heteroatoms. The van der Waals surface area contributed by atoms with Crippen molar-refractivity contribution in [2.24, 2.45) is 5.73 Å². The smallest absolute Gasteiger partial charge is 0.0663 e. The molecule has 2 atom stereocenters. The van der Waals surface area contributed by atoms with Crippen LogP contribution in [0.1, 0.15) is 24.1 Å². The fourth-order valence-electron chi connectivity index (χ4n) is 1.61. The van der Waals surface area contributed by atoms with Gasteiger partial charge in [0.2, 0.25) is 0 Å². The second-order valence-corrected chi connectivity index (χ2v) is 3.70. The van der Waals surface area contributed by atoms with Crippen LogP contribution in [0.15, 0.2) is 24.3 Å². The van der Waals surface area contributed by atoms with Crippen LogP contribution in [0.25, 0.3) is 0 Å². The van der Waals surface area contributed by atoms with Gasteiger partial charge in [0.1, 0.15) is 0 Å². The lowest BCUT2D eigenvalue weighted by molar-refractivity contribution is 0.516. The van der Waals surface area contributed by atoms with Crippen LogP contribution in [0.2, 0.25) is 0 Å². The van der Waals surface area contributed by atoms with Crippen molar-refractivity contribution in [1.29, 1.82) is 0 Å². The van der Waals surface area contributed by atoms with Gasteiger partial charge in [-0.2, -0.15) is 0 Å². The van der Waals surface area contributed by atoms with Crippen molar-refractivity contribution in [2.45, 2.75) is 25.9 Å². The number of rotatable bonds is 4. The Hall–Kier alpha value is -1.30. The third-order valence-electron chi connectivity index (χ3n) is 2.50. The van der Waals surface area contributed by atoms with Crippen LogP contribution in [0, 0.1) is 19.3 Å². The zero-order chi connectivity index (χ0) is 11.3. The second-order valence-electron chi connectivity index (χ2n) is 3.70. The van der Waals surface area contributed by atoms with Gasteiger partial charge in [-0.3, -0.25) is 5.32 Å². The highest BCUT2D eigenvalue weighted by Gasteiger charge is 2.12. The zero-order valence-corrected chi connectivity index (χ0v) is 9.33. The fraction of sp³-hybridized carbons (Fsp3) is 0.385. The maximum atomic E-state index is 5.75. The van der Waals surface area contributed by atoms with Gasteiger partial charge in [-0.1, -0.05) is 30.2 Å². The molecule has 2 nitrogen and oxygen atoms in total. The molecule has 0 aliphatic heterocycles. The molecule has 0 aliphatic carbocycles. The molecule has 0 aliphatic rings. The molecule has 3 N–H and O–H groups in total. The molecule has 1 rings (SSSR count). The van der Waals surface area contributed by atoms with E-state index >= 15 is 0 Å². The number of aryl methyl sites for hydroxylation is 1. The van der Waals surface area contributed by atoms with Crippen LogP contribution < -0.4 is 11.1 Å². The van der Waals surface area contributed by atoms with Crippen LogP contribution in [0.4, 0.5) is 0 Å². The summed E-state index contributed by atoms with van der Waals surface area (Å²) in [4.78, 5) is 0. The molecule has 0 spiro atoms. The molecule has 0 saturated carbocycles. The number of terminal acetylenes is 1. The van der Waals surface area contributed by atoms with Gasteiger partial charge in [0, 0.05) is 12.6 Å². The fourth-order valence-corrected chi connectivity index (χ4v) is 1.61. The van der Waals surface area contributed by atoms with E-state index in [0.717, 1.165) is 0 Å². The highest BCUT2D eigenvalue weighted by molar-refractivity contribution is 5.29. The Labute approximate surface area is 91.9 Å². The Morgan fingerprint density at radius 2 is 2.13 bits per heavy atom. The van der Waals surface area contributed by atoms with Crippen molar-refractivity contribution in [3.63, 3.8) is 0 Å². The minimum absolute atomic E-state index is 0.0400. The number of hydrogen-bond donors (Lipinski definition) is 2. The van der Waals surface area contributed by atoms with Gasteiger partial charge in [-0.15, -0.1) is 6.42 Å². The summed E-state index contributed by atoms with van der Waals surface area (Å²) in [5, 5.41) is 3.31. The topological polar surface area (TPSA) is 38.0 Å². The summed E-state index contributed by atoms with van der Waals surface area (Å²) in [6.45, 7) is 4.60. The highest BCUT2D eigenvalue weighted by Crippen LogP contribution is 2.16. The maximum Gasteiger partial charge on any atom is 0.0663 e. The molecule has 0 bridgehead atoms. The average Bonchev–Trinajstić information content (AvgIpc) is 2.26. The van der Waals surface area contributed by atoms with Gasteiger partial charge in [-0.25, -0.2) is 0 Å². The predicted octanol–water partition coefficient (Wildman–Crippen LogP) is 1.61. The van der Waals surface area contributed by atoms with Crippen molar-refractivity contribution in [1.82, 2.24) is 5.32 Å². The molecular weight excluding hydrogens is 184 g/mol. The molecule has 0 fully saturated rings. The van der Waals surface area contributed by atoms with E-state index in [-0.39, 0.29) is 12.1 Å². The first-order valence-electron chi connectivity index (χ1n) is 5.16. The third-order valence-corrected chi connectivity index (χ3v) is 2.50. The van der Waals surface area contributed by atoms with Crippen LogP contribution in [0.5, 0.6) is 0 Å². The van der Waals surface area contributed by atoms with E-state index in [1.807, 2.05) is 19.1 Å². The minimum atomic E-state index is 0.0400. The zero-order valence-electron chi connectivity index (χ0n) is 9.33. The Kier molecular flexibility index (Phi) is 4.36. The molecule has 0 amide bonds. The molecule has 80 valence electrons. The Bertz CT molecular complexity index is 352. The summed E-state index contributed by atoms with van der Waals surface area (Å²) >= 11 is 0. The van der Waals surface area contributed by atoms with E-state index < -0.39 is 0 Å². The van der Waals surface area contributed by atoms with Crippen LogP contribution >= 0.6 is 0 Å². The Morgan fingerprint density at radius 1 is 1.47 bits per heavy atom. The van der Waals surface area contributed by atoms with E-state index in [9.17, 15) is 0 Å². The lowest BCUT2D eigenvalue weighted by Crippen LogP contribution is -2.34. The normalized spacial score (nSPS) is 14.3. The Balaban J connectivity index is 2.84. The summed E-state index contributed by atoms with van der Waals surface area (Å²) in [6.07, 6.45) is 5.34. The molecule has 0 radical (unpaired) electrons. The molecule has 0 heterocycles. The second kappa shape index (κ2) is 5.55. The molecule has 1 aromatic rings. The van der Waals surface area contributed by atoms with E-state index in [0.29, 0.717) is 6.54 Å². The SMILES string of the molecule is C#CC(C)NC(CN)c1ccccc1C. The lowest BCUT2D eigenvalue weighted by atomic mass is 10.0. The van der Waals surface area contributed by atoms with Crippen molar-refractivity contribution < 1.29 is 0 Å². The molecular formula is C13H18N2. The summed E-state index contributed by atoms with van der Waals surface area (Å²) in [5.41, 5.74) is 8.21. The first-order valence-corrected chi connectivity index (χ1v) is 5.16. The monoisotopic (exact) mass is 202 g/mol. The number of nitrogens with two attached hydrogens (primary N) is 1. The average molecular weight is 202 g/mol. The van der Waals surface area contributed by atoms with Gasteiger partial charge >= 0.3 is 0 Å². The van der Waals surface area contributed by atoms with E-state index in [1.54, 1.807) is 0 Å². The van der Waals surface area contributed by atoms with E-state index in [4.69, 9.17) is 12.2 Å². The molecule has 15 heavy (non-hydrogen) atoms. The minimum Gasteiger partial charge on any atom is -0.329 e. The van der Waals surface area contributed by atoms with Crippen molar-refractivity contribution >= 4 is 0 Å². The third kappa shape index (κ3) is 3.09. The van der Waals surface area contributed by atoms with Gasteiger partial charge in [0.05, 0.1) is 6.04 Å². The number of hydrogen-bond acceptors (Lipinski definition) is 2. The molecule has 1 aromatic carbocycles. The summed E-state index contributed by atoms with van der Waals surface area (Å²) in [7, 11) is 0. The highest BCUT2D eigenvalue weighted by atomic mass is 15.0. The van der Waals surface area contributed by atoms with E-state index in [2.05, 4.69) is 30.3 Å². The summed E-state index contributed by atoms with van der Waals surface area (Å²) < 4.78 is 0. The number of benzene rings is 1. The molecule has 0 aromatic heterocycles. The predicted molar refractivity (Wildman–Crippen MR) is 64.4 cm³/mol. The van der Waals surface area contributed by atoms with Gasteiger partial charge in [0.15, 0.2) is 0 Å². The van der Waals surface area contributed by atoms with Crippen molar-refractivity contribution in [2.75, 3.05) is 6.54 Å². The molecule has 0 saturated heterocycles. The summed E-state index contributed by atoms with van der Waals surface area (Å²) in [6, 6.07) is 8.39. The van der Waals surface area contributed by atoms with Crippen LogP contribution in [-0.4, -0.2) is 12.6 Å². The van der Waals surface area contributed by atoms with Crippen molar-refractivity contribution in [3.05, 3.63) is 35.4 Å². The van der Waals surface area contributed by atoms with Crippen molar-refractivity contribution in [3.8, 4) is 12.3 Å². The lowest BCUT2D eigenvalue weighted by Gasteiger charge is -2.21. The van der Waals surface area contributed by atoms with Crippen LogP contribution in [-0.2, 0) is 0 Å². The summed E-state index contributed by atoms with van der Waals surface area (Å²) in [5.74, 6) is 2.65. The number of nitrogens with one attached hydrogen (secondary N) is 1. The van der Waals surface area contributed by atoms with Gasteiger partial charge < -0.3 is 5.73 Å². The first kappa shape index (κ1) is 11.8. The maximum absolute atomic E-state index is 5.75. The Morgan fingerprint density at radius 3 is 2.67 bits per heavy atom. The largest absolute Gasteiger partial charge is 0.329 e. The van der Waals surface area contributed by atoms with Crippen LogP contribution in [0.3, 0.4) is 0 Å². The standard InChI is InChI=1S/C13H18N2/c1-4-11(3)15-13(9-14)12-8-6-5-7-10(12)2/h1,5-8,11,13,15H,9,14H2,2-3H3. The molecule has 2 unspecified atom stereocenters. The first-order chi connectivity index (χ1) is 7.19. The van der Waals surface area contributed by atoms with E-state index in [1.165, 1.54) is 11.1 Å².